The van der Waals surface area contributed by atoms with Crippen LogP contribution in [0.2, 0.25) is 0 Å². The monoisotopic (exact) mass is 333 g/mol. The van der Waals surface area contributed by atoms with Crippen LogP contribution in [0.25, 0.3) is 0 Å². The molecule has 2 atom stereocenters. The van der Waals surface area contributed by atoms with E-state index in [4.69, 9.17) is 9.47 Å². The number of esters is 1. The molecule has 0 radical (unpaired) electrons. The van der Waals surface area contributed by atoms with Crippen LogP contribution >= 0.6 is 0 Å². The fourth-order valence-electron chi connectivity index (χ4n) is 3.11. The fraction of sp³-hybridized carbons (Fsp3) is 0.579. The van der Waals surface area contributed by atoms with E-state index in [1.807, 2.05) is 51.1 Å². The Morgan fingerprint density at radius 1 is 1.25 bits per heavy atom. The number of nitrogens with zero attached hydrogens (tertiary/aromatic N) is 1. The summed E-state index contributed by atoms with van der Waals surface area (Å²) in [5, 5.41) is 0. The summed E-state index contributed by atoms with van der Waals surface area (Å²) in [4.78, 5) is 25.9. The molecule has 0 aliphatic carbocycles. The van der Waals surface area contributed by atoms with Crippen LogP contribution in [-0.2, 0) is 14.3 Å². The van der Waals surface area contributed by atoms with Gasteiger partial charge in [0.1, 0.15) is 6.10 Å². The van der Waals surface area contributed by atoms with E-state index in [-0.39, 0.29) is 36.0 Å². The molecule has 1 heterocycles. The van der Waals surface area contributed by atoms with Crippen molar-refractivity contribution in [3.63, 3.8) is 0 Å². The Morgan fingerprint density at radius 3 is 2.50 bits per heavy atom. The first-order valence-electron chi connectivity index (χ1n) is 8.42. The second-order valence-electron chi connectivity index (χ2n) is 7.31. The molecule has 2 rings (SSSR count). The molecule has 1 aliphatic heterocycles. The van der Waals surface area contributed by atoms with Crippen molar-refractivity contribution in [2.24, 2.45) is 5.41 Å². The van der Waals surface area contributed by atoms with Crippen molar-refractivity contribution in [2.75, 3.05) is 13.7 Å². The average molecular weight is 333 g/mol. The third kappa shape index (κ3) is 4.49. The van der Waals surface area contributed by atoms with Crippen molar-refractivity contribution in [1.29, 1.82) is 0 Å². The summed E-state index contributed by atoms with van der Waals surface area (Å²) in [6, 6.07) is 9.63. The van der Waals surface area contributed by atoms with E-state index in [9.17, 15) is 9.59 Å². The van der Waals surface area contributed by atoms with Crippen molar-refractivity contribution in [2.45, 2.75) is 52.2 Å². The Hall–Kier alpha value is -2.04. The molecule has 5 heteroatoms. The van der Waals surface area contributed by atoms with Gasteiger partial charge in [0.2, 0.25) is 0 Å². The van der Waals surface area contributed by atoms with Gasteiger partial charge in [-0.25, -0.2) is 4.79 Å². The van der Waals surface area contributed by atoms with Crippen LogP contribution in [0, 0.1) is 5.41 Å². The first-order valence-corrected chi connectivity index (χ1v) is 8.42. The number of amides is 1. The first kappa shape index (κ1) is 18.3. The highest BCUT2D eigenvalue weighted by molar-refractivity contribution is 5.73. The van der Waals surface area contributed by atoms with Gasteiger partial charge in [-0.05, 0) is 18.4 Å². The van der Waals surface area contributed by atoms with Crippen LogP contribution in [0.4, 0.5) is 4.79 Å². The van der Waals surface area contributed by atoms with Gasteiger partial charge in [-0.3, -0.25) is 4.79 Å². The molecule has 1 saturated heterocycles. The summed E-state index contributed by atoms with van der Waals surface area (Å²) in [7, 11) is 1.37. The van der Waals surface area contributed by atoms with Crippen molar-refractivity contribution >= 4 is 12.1 Å². The lowest BCUT2D eigenvalue weighted by atomic mass is 9.84. The number of hydrogen-bond donors (Lipinski definition) is 0. The summed E-state index contributed by atoms with van der Waals surface area (Å²) in [6.45, 7) is 6.77. The normalized spacial score (nSPS) is 19.0. The summed E-state index contributed by atoms with van der Waals surface area (Å²) < 4.78 is 10.6. The number of rotatable bonds is 4. The third-order valence-corrected chi connectivity index (χ3v) is 4.35. The van der Waals surface area contributed by atoms with Gasteiger partial charge in [0, 0.05) is 18.0 Å². The van der Waals surface area contributed by atoms with Crippen LogP contribution in [-0.4, -0.2) is 36.7 Å². The third-order valence-electron chi connectivity index (χ3n) is 4.35. The van der Waals surface area contributed by atoms with Gasteiger partial charge in [0.05, 0.1) is 13.5 Å². The molecule has 2 unspecified atom stereocenters. The molecule has 132 valence electrons. The standard InChI is InChI=1S/C19H27NO4/c1-19(2,3)17(14-9-6-5-7-10-14)24-18(22)20-12-8-11-15(20)13-16(21)23-4/h5-7,9-10,15,17H,8,11-13H2,1-4H3. The quantitative estimate of drug-likeness (QED) is 0.783. The maximum atomic E-state index is 12.7. The van der Waals surface area contributed by atoms with Gasteiger partial charge >= 0.3 is 12.1 Å². The van der Waals surface area contributed by atoms with Crippen LogP contribution in [0.15, 0.2) is 30.3 Å². The van der Waals surface area contributed by atoms with Crippen molar-refractivity contribution in [3.05, 3.63) is 35.9 Å². The second kappa shape index (κ2) is 7.69. The largest absolute Gasteiger partial charge is 0.469 e. The number of ether oxygens (including phenoxy) is 2. The molecule has 1 aromatic rings. The molecule has 1 amide bonds. The SMILES string of the molecule is COC(=O)CC1CCCN1C(=O)OC(c1ccccc1)C(C)(C)C. The van der Waals surface area contributed by atoms with E-state index in [0.717, 1.165) is 18.4 Å². The minimum Gasteiger partial charge on any atom is -0.469 e. The van der Waals surface area contributed by atoms with E-state index >= 15 is 0 Å². The van der Waals surface area contributed by atoms with Gasteiger partial charge < -0.3 is 14.4 Å². The number of carbonyl (C=O) groups is 2. The molecule has 24 heavy (non-hydrogen) atoms. The molecule has 1 aromatic carbocycles. The zero-order chi connectivity index (χ0) is 17.7. The topological polar surface area (TPSA) is 55.8 Å². The second-order valence-corrected chi connectivity index (χ2v) is 7.31. The molecule has 1 aliphatic rings. The van der Waals surface area contributed by atoms with Crippen LogP contribution in [0.1, 0.15) is 51.7 Å². The maximum Gasteiger partial charge on any atom is 0.410 e. The summed E-state index contributed by atoms with van der Waals surface area (Å²) in [6.07, 6.45) is 1.20. The van der Waals surface area contributed by atoms with E-state index < -0.39 is 0 Å². The fourth-order valence-corrected chi connectivity index (χ4v) is 3.11. The number of hydrogen-bond acceptors (Lipinski definition) is 4. The van der Waals surface area contributed by atoms with E-state index in [1.54, 1.807) is 4.90 Å². The highest BCUT2D eigenvalue weighted by atomic mass is 16.6. The molecule has 0 aromatic heterocycles. The summed E-state index contributed by atoms with van der Waals surface area (Å²) >= 11 is 0. The molecule has 0 saturated carbocycles. The molecule has 1 fully saturated rings. The zero-order valence-electron chi connectivity index (χ0n) is 15.0. The molecule has 0 spiro atoms. The smallest absolute Gasteiger partial charge is 0.410 e. The number of benzene rings is 1. The highest BCUT2D eigenvalue weighted by Crippen LogP contribution is 2.37. The van der Waals surface area contributed by atoms with E-state index in [1.165, 1.54) is 7.11 Å². The van der Waals surface area contributed by atoms with E-state index in [0.29, 0.717) is 6.54 Å². The Morgan fingerprint density at radius 2 is 1.92 bits per heavy atom. The maximum absolute atomic E-state index is 12.7. The van der Waals surface area contributed by atoms with Crippen molar-refractivity contribution in [1.82, 2.24) is 4.90 Å². The molecule has 5 nitrogen and oxygen atoms in total. The molecular weight excluding hydrogens is 306 g/mol. The van der Waals surface area contributed by atoms with Crippen molar-refractivity contribution < 1.29 is 19.1 Å². The molecular formula is C19H27NO4. The highest BCUT2D eigenvalue weighted by Gasteiger charge is 2.36. The Balaban J connectivity index is 2.11. The number of methoxy groups -OCH3 is 1. The zero-order valence-corrected chi connectivity index (χ0v) is 15.0. The van der Waals surface area contributed by atoms with Gasteiger partial charge in [-0.15, -0.1) is 0 Å². The molecule has 0 N–H and O–H groups in total. The number of likely N-dealkylation sites (tertiary alicyclic amines) is 1. The Bertz CT molecular complexity index is 564. The predicted octanol–water partition coefficient (Wildman–Crippen LogP) is 3.94. The van der Waals surface area contributed by atoms with Crippen LogP contribution < -0.4 is 0 Å². The van der Waals surface area contributed by atoms with Crippen LogP contribution in [0.3, 0.4) is 0 Å². The minimum atomic E-state index is -0.356. The predicted molar refractivity (Wildman–Crippen MR) is 91.5 cm³/mol. The van der Waals surface area contributed by atoms with Crippen molar-refractivity contribution in [3.8, 4) is 0 Å². The molecule has 0 bridgehead atoms. The number of carbonyl (C=O) groups excluding carboxylic acids is 2. The average Bonchev–Trinajstić information content (AvgIpc) is 3.00. The lowest BCUT2D eigenvalue weighted by Crippen LogP contribution is -2.39. The van der Waals surface area contributed by atoms with Gasteiger partial charge in [-0.2, -0.15) is 0 Å². The van der Waals surface area contributed by atoms with Gasteiger partial charge in [0.25, 0.3) is 0 Å². The van der Waals surface area contributed by atoms with Gasteiger partial charge in [0.15, 0.2) is 0 Å². The summed E-state index contributed by atoms with van der Waals surface area (Å²) in [5.41, 5.74) is 0.747. The summed E-state index contributed by atoms with van der Waals surface area (Å²) in [5.74, 6) is -0.296. The van der Waals surface area contributed by atoms with E-state index in [2.05, 4.69) is 0 Å². The Labute approximate surface area is 143 Å². The lowest BCUT2D eigenvalue weighted by molar-refractivity contribution is -0.141. The first-order chi connectivity index (χ1) is 11.3. The minimum absolute atomic E-state index is 0.138. The van der Waals surface area contributed by atoms with Crippen LogP contribution in [0.5, 0.6) is 0 Å². The lowest BCUT2D eigenvalue weighted by Gasteiger charge is -2.33. The van der Waals surface area contributed by atoms with Gasteiger partial charge in [-0.1, -0.05) is 51.1 Å². The Kier molecular flexibility index (Phi) is 5.86.